The third kappa shape index (κ3) is 1.47. The molecular weight excluding hydrogens is 152 g/mol. The van der Waals surface area contributed by atoms with Crippen LogP contribution in [0.5, 0.6) is 0 Å². The zero-order chi connectivity index (χ0) is 9.14. The molecule has 4 heteroatoms. The molecule has 64 valence electrons. The lowest BCUT2D eigenvalue weighted by Gasteiger charge is -2.06. The van der Waals surface area contributed by atoms with Crippen LogP contribution < -0.4 is 17.2 Å². The Kier molecular flexibility index (Phi) is 2.19. The van der Waals surface area contributed by atoms with Gasteiger partial charge in [0.05, 0.1) is 23.6 Å². The largest absolute Gasteiger partial charge is 0.397 e. The van der Waals surface area contributed by atoms with Crippen LogP contribution >= 0.6 is 0 Å². The minimum atomic E-state index is 0.433. The summed E-state index contributed by atoms with van der Waals surface area (Å²) in [6, 6.07) is 3.50. The molecule has 0 fully saturated rings. The maximum absolute atomic E-state index is 5.58. The van der Waals surface area contributed by atoms with Gasteiger partial charge in [0.25, 0.3) is 0 Å². The molecule has 0 aliphatic rings. The maximum Gasteiger partial charge on any atom is 0.0781 e. The second-order valence-corrected chi connectivity index (χ2v) is 2.57. The predicted octanol–water partition coefficient (Wildman–Crippen LogP) is 0.634. The first-order valence-corrected chi connectivity index (χ1v) is 3.51. The van der Waals surface area contributed by atoms with Gasteiger partial charge in [0.1, 0.15) is 0 Å². The minimum Gasteiger partial charge on any atom is -0.397 e. The van der Waals surface area contributed by atoms with Gasteiger partial charge in [-0.25, -0.2) is 0 Å². The van der Waals surface area contributed by atoms with Crippen molar-refractivity contribution < 1.29 is 0 Å². The summed E-state index contributed by atoms with van der Waals surface area (Å²) in [7, 11) is 0. The van der Waals surface area contributed by atoms with E-state index in [1.807, 2.05) is 0 Å². The standard InChI is InChI=1S/C8H12N4/c1-12-4-5-2-6(9)8(11)7(10)3-5/h2-3H,1,4,9-11H2. The van der Waals surface area contributed by atoms with Crippen molar-refractivity contribution in [1.82, 2.24) is 0 Å². The molecule has 1 aromatic rings. The Morgan fingerprint density at radius 3 is 2.08 bits per heavy atom. The second-order valence-electron chi connectivity index (χ2n) is 2.57. The Morgan fingerprint density at radius 1 is 1.17 bits per heavy atom. The highest BCUT2D eigenvalue weighted by Gasteiger charge is 2.01. The van der Waals surface area contributed by atoms with E-state index in [0.717, 1.165) is 5.56 Å². The van der Waals surface area contributed by atoms with Gasteiger partial charge in [-0.15, -0.1) is 0 Å². The van der Waals surface area contributed by atoms with Crippen molar-refractivity contribution in [3.8, 4) is 0 Å². The smallest absolute Gasteiger partial charge is 0.0781 e. The quantitative estimate of drug-likeness (QED) is 0.442. The lowest BCUT2D eigenvalue weighted by Crippen LogP contribution is -2.01. The van der Waals surface area contributed by atoms with Gasteiger partial charge in [-0.3, -0.25) is 4.99 Å². The van der Waals surface area contributed by atoms with Gasteiger partial charge in [0.15, 0.2) is 0 Å². The van der Waals surface area contributed by atoms with Crippen LogP contribution in [-0.2, 0) is 6.54 Å². The summed E-state index contributed by atoms with van der Waals surface area (Å²) in [6.45, 7) is 3.88. The fourth-order valence-electron chi connectivity index (χ4n) is 0.984. The zero-order valence-electron chi connectivity index (χ0n) is 6.75. The molecule has 0 atom stereocenters. The van der Waals surface area contributed by atoms with Crippen molar-refractivity contribution in [2.75, 3.05) is 17.2 Å². The van der Waals surface area contributed by atoms with Gasteiger partial charge >= 0.3 is 0 Å². The first-order chi connectivity index (χ1) is 5.65. The number of rotatable bonds is 2. The van der Waals surface area contributed by atoms with E-state index in [0.29, 0.717) is 23.6 Å². The predicted molar refractivity (Wildman–Crippen MR) is 52.9 cm³/mol. The van der Waals surface area contributed by atoms with Crippen LogP contribution in [0.2, 0.25) is 0 Å². The van der Waals surface area contributed by atoms with Crippen molar-refractivity contribution in [2.24, 2.45) is 4.99 Å². The Balaban J connectivity index is 3.11. The van der Waals surface area contributed by atoms with Crippen LogP contribution in [-0.4, -0.2) is 6.72 Å². The van der Waals surface area contributed by atoms with E-state index in [2.05, 4.69) is 11.7 Å². The van der Waals surface area contributed by atoms with Crippen molar-refractivity contribution in [2.45, 2.75) is 6.54 Å². The normalized spacial score (nSPS) is 9.67. The number of nitrogens with two attached hydrogens (primary N) is 3. The Bertz CT molecular complexity index is 283. The molecule has 12 heavy (non-hydrogen) atoms. The van der Waals surface area contributed by atoms with Crippen LogP contribution in [0.1, 0.15) is 5.56 Å². The Labute approximate surface area is 71.1 Å². The molecule has 0 amide bonds. The molecule has 0 aliphatic heterocycles. The third-order valence-corrected chi connectivity index (χ3v) is 1.60. The van der Waals surface area contributed by atoms with E-state index in [1.54, 1.807) is 12.1 Å². The summed E-state index contributed by atoms with van der Waals surface area (Å²) < 4.78 is 0. The molecule has 0 saturated heterocycles. The number of nitrogen functional groups attached to an aromatic ring is 3. The molecule has 0 bridgehead atoms. The van der Waals surface area contributed by atoms with Gasteiger partial charge in [-0.05, 0) is 24.4 Å². The highest BCUT2D eigenvalue weighted by molar-refractivity contribution is 5.78. The van der Waals surface area contributed by atoms with Crippen LogP contribution in [0, 0.1) is 0 Å². The van der Waals surface area contributed by atoms with Crippen LogP contribution in [0.3, 0.4) is 0 Å². The number of anilines is 3. The molecule has 0 radical (unpaired) electrons. The highest BCUT2D eigenvalue weighted by atomic mass is 14.7. The first-order valence-electron chi connectivity index (χ1n) is 3.51. The number of aliphatic imine (C=N–C) groups is 1. The topological polar surface area (TPSA) is 90.4 Å². The number of benzene rings is 1. The van der Waals surface area contributed by atoms with E-state index >= 15 is 0 Å². The summed E-state index contributed by atoms with van der Waals surface area (Å²) in [6.07, 6.45) is 0. The minimum absolute atomic E-state index is 0.433. The second kappa shape index (κ2) is 3.13. The summed E-state index contributed by atoms with van der Waals surface area (Å²) in [5, 5.41) is 0. The SMILES string of the molecule is C=NCc1cc(N)c(N)c(N)c1. The molecule has 0 spiro atoms. The molecule has 4 nitrogen and oxygen atoms in total. The Morgan fingerprint density at radius 2 is 1.67 bits per heavy atom. The summed E-state index contributed by atoms with van der Waals surface area (Å²) >= 11 is 0. The zero-order valence-corrected chi connectivity index (χ0v) is 6.75. The van der Waals surface area contributed by atoms with Crippen LogP contribution in [0.15, 0.2) is 17.1 Å². The third-order valence-electron chi connectivity index (χ3n) is 1.60. The molecule has 0 unspecified atom stereocenters. The van der Waals surface area contributed by atoms with Crippen molar-refractivity contribution in [3.63, 3.8) is 0 Å². The average molecular weight is 164 g/mol. The monoisotopic (exact) mass is 164 g/mol. The van der Waals surface area contributed by atoms with E-state index in [1.165, 1.54) is 0 Å². The van der Waals surface area contributed by atoms with E-state index in [-0.39, 0.29) is 0 Å². The number of nitrogens with zero attached hydrogens (tertiary/aromatic N) is 1. The summed E-state index contributed by atoms with van der Waals surface area (Å²) in [5.74, 6) is 0. The Hall–Kier alpha value is -1.71. The van der Waals surface area contributed by atoms with E-state index in [9.17, 15) is 0 Å². The molecule has 1 rings (SSSR count). The number of hydrogen-bond acceptors (Lipinski definition) is 4. The van der Waals surface area contributed by atoms with E-state index < -0.39 is 0 Å². The first kappa shape index (κ1) is 8.39. The molecular formula is C8H12N4. The summed E-state index contributed by atoms with van der Waals surface area (Å²) in [5.41, 5.74) is 19.1. The average Bonchev–Trinajstić information content (AvgIpc) is 2.01. The fraction of sp³-hybridized carbons (Fsp3) is 0.125. The van der Waals surface area contributed by atoms with Gasteiger partial charge in [-0.2, -0.15) is 0 Å². The molecule has 0 saturated carbocycles. The van der Waals surface area contributed by atoms with Crippen molar-refractivity contribution in [3.05, 3.63) is 17.7 Å². The lowest BCUT2D eigenvalue weighted by atomic mass is 10.1. The number of hydrogen-bond donors (Lipinski definition) is 3. The molecule has 0 aromatic heterocycles. The lowest BCUT2D eigenvalue weighted by molar-refractivity contribution is 1.09. The fourth-order valence-corrected chi connectivity index (χ4v) is 0.984. The van der Waals surface area contributed by atoms with Gasteiger partial charge in [0, 0.05) is 0 Å². The highest BCUT2D eigenvalue weighted by Crippen LogP contribution is 2.24. The molecule has 0 heterocycles. The van der Waals surface area contributed by atoms with Crippen LogP contribution in [0.4, 0.5) is 17.1 Å². The molecule has 1 aromatic carbocycles. The van der Waals surface area contributed by atoms with Crippen LogP contribution in [0.25, 0.3) is 0 Å². The molecule has 6 N–H and O–H groups in total. The van der Waals surface area contributed by atoms with Gasteiger partial charge < -0.3 is 17.2 Å². The summed E-state index contributed by atoms with van der Waals surface area (Å²) in [4.78, 5) is 3.72. The van der Waals surface area contributed by atoms with Gasteiger partial charge in [0.2, 0.25) is 0 Å². The van der Waals surface area contributed by atoms with Gasteiger partial charge in [-0.1, -0.05) is 0 Å². The van der Waals surface area contributed by atoms with Crippen molar-refractivity contribution in [1.29, 1.82) is 0 Å². The van der Waals surface area contributed by atoms with E-state index in [4.69, 9.17) is 17.2 Å². The van der Waals surface area contributed by atoms with Crippen molar-refractivity contribution >= 4 is 23.8 Å². The maximum atomic E-state index is 5.58. The molecule has 0 aliphatic carbocycles.